The van der Waals surface area contributed by atoms with Crippen molar-refractivity contribution in [3.8, 4) is 17.0 Å². The normalized spacial score (nSPS) is 20.2. The lowest BCUT2D eigenvalue weighted by Crippen LogP contribution is -2.58. The van der Waals surface area contributed by atoms with E-state index in [0.29, 0.717) is 22.6 Å². The number of thiazole rings is 1. The number of alkyl halides is 3. The van der Waals surface area contributed by atoms with E-state index >= 15 is 0 Å². The molecule has 2 aliphatic heterocycles. The molecule has 2 aliphatic rings. The Bertz CT molecular complexity index is 1250. The monoisotopic (exact) mass is 530 g/mol. The number of allylic oxidation sites excluding steroid dienone is 1. The fourth-order valence-corrected chi connectivity index (χ4v) is 4.73. The largest absolute Gasteiger partial charge is 0.573 e. The number of ether oxygens (including phenoxy) is 2. The zero-order valence-electron chi connectivity index (χ0n) is 18.5. The highest BCUT2D eigenvalue weighted by molar-refractivity contribution is 7.14. The topological polar surface area (TPSA) is 101 Å². The summed E-state index contributed by atoms with van der Waals surface area (Å²) in [4.78, 5) is 44.1. The van der Waals surface area contributed by atoms with Gasteiger partial charge in [0.1, 0.15) is 11.7 Å². The molecular weight excluding hydrogens is 513 g/mol. The van der Waals surface area contributed by atoms with Crippen LogP contribution in [0.3, 0.4) is 0 Å². The van der Waals surface area contributed by atoms with Crippen molar-refractivity contribution in [1.82, 2.24) is 14.8 Å². The van der Waals surface area contributed by atoms with Crippen molar-refractivity contribution in [3.63, 3.8) is 0 Å². The molecule has 2 unspecified atom stereocenters. The Kier molecular flexibility index (Phi) is 6.40. The van der Waals surface area contributed by atoms with E-state index in [1.807, 2.05) is 0 Å². The summed E-state index contributed by atoms with van der Waals surface area (Å²) in [6.07, 6.45) is -5.90. The highest BCUT2D eigenvalue weighted by Gasteiger charge is 2.51. The lowest BCUT2D eigenvalue weighted by molar-refractivity contribution is -0.274. The van der Waals surface area contributed by atoms with Crippen LogP contribution in [0.2, 0.25) is 5.02 Å². The quantitative estimate of drug-likeness (QED) is 0.612. The van der Waals surface area contributed by atoms with Gasteiger partial charge in [0.05, 0.1) is 22.9 Å². The standard InChI is InChI=1S/C21H18ClF3N4O5S/c1-9-11(16-17(31)28(2)20(32)29(3)18(16)33-9)7-15(30)27-19-26-13(8-35-19)10-4-5-12(22)14(6-10)34-21(23,24)25/h4-6,8,16,18H,7H2,1-3H3,(H,26,27,30). The summed E-state index contributed by atoms with van der Waals surface area (Å²) in [5.74, 6) is -1.93. The third-order valence-corrected chi connectivity index (χ3v) is 6.60. The first-order chi connectivity index (χ1) is 16.4. The molecular formula is C21H18ClF3N4O5S. The van der Waals surface area contributed by atoms with Crippen LogP contribution in [0, 0.1) is 5.92 Å². The number of halogens is 4. The number of imide groups is 1. The first-order valence-electron chi connectivity index (χ1n) is 10.1. The minimum absolute atomic E-state index is 0.173. The molecule has 35 heavy (non-hydrogen) atoms. The number of nitrogens with one attached hydrogen (secondary N) is 1. The number of benzene rings is 1. The highest BCUT2D eigenvalue weighted by Crippen LogP contribution is 2.39. The van der Waals surface area contributed by atoms with E-state index in [9.17, 15) is 27.6 Å². The number of aromatic nitrogens is 1. The third kappa shape index (κ3) is 4.91. The van der Waals surface area contributed by atoms with E-state index in [4.69, 9.17) is 16.3 Å². The lowest BCUT2D eigenvalue weighted by atomic mass is 9.92. The number of nitrogens with zero attached hydrogens (tertiary/aromatic N) is 3. The molecule has 186 valence electrons. The maximum Gasteiger partial charge on any atom is 0.573 e. The summed E-state index contributed by atoms with van der Waals surface area (Å²) in [5.41, 5.74) is 1.06. The maximum absolute atomic E-state index is 12.7. The van der Waals surface area contributed by atoms with Gasteiger partial charge in [0.15, 0.2) is 11.4 Å². The maximum atomic E-state index is 12.7. The van der Waals surface area contributed by atoms with Gasteiger partial charge in [-0.3, -0.25) is 19.4 Å². The van der Waals surface area contributed by atoms with Crippen molar-refractivity contribution in [2.24, 2.45) is 5.92 Å². The van der Waals surface area contributed by atoms with Crippen molar-refractivity contribution in [1.29, 1.82) is 0 Å². The third-order valence-electron chi connectivity index (χ3n) is 5.53. The molecule has 4 rings (SSSR count). The molecule has 2 atom stereocenters. The van der Waals surface area contributed by atoms with Crippen molar-refractivity contribution in [2.45, 2.75) is 25.9 Å². The van der Waals surface area contributed by atoms with Crippen LogP contribution in [0.25, 0.3) is 11.3 Å². The summed E-state index contributed by atoms with van der Waals surface area (Å²) >= 11 is 6.84. The number of urea groups is 1. The van der Waals surface area contributed by atoms with Gasteiger partial charge < -0.3 is 14.8 Å². The number of carbonyl (C=O) groups is 3. The van der Waals surface area contributed by atoms with Crippen molar-refractivity contribution >= 4 is 45.9 Å². The number of hydrogen-bond acceptors (Lipinski definition) is 7. The van der Waals surface area contributed by atoms with Gasteiger partial charge >= 0.3 is 12.4 Å². The second-order valence-corrected chi connectivity index (χ2v) is 9.08. The SMILES string of the molecule is CC1=C(CC(=O)Nc2nc(-c3ccc(Cl)c(OC(F)(F)F)c3)cs2)C2C(=O)N(C)C(=O)N(C)C2O1. The number of anilines is 1. The Hall–Kier alpha value is -3.32. The number of hydrogen-bond donors (Lipinski definition) is 1. The molecule has 1 aromatic carbocycles. The van der Waals surface area contributed by atoms with E-state index in [-0.39, 0.29) is 16.6 Å². The smallest absolute Gasteiger partial charge is 0.474 e. The molecule has 0 spiro atoms. The first kappa shape index (κ1) is 24.8. The van der Waals surface area contributed by atoms with Gasteiger partial charge in [0.2, 0.25) is 11.8 Å². The summed E-state index contributed by atoms with van der Waals surface area (Å²) in [7, 11) is 2.88. The van der Waals surface area contributed by atoms with Crippen molar-refractivity contribution in [2.75, 3.05) is 19.4 Å². The molecule has 1 saturated heterocycles. The molecule has 0 aliphatic carbocycles. The average Bonchev–Trinajstić information content (AvgIpc) is 3.36. The van der Waals surface area contributed by atoms with Crippen molar-refractivity contribution < 1.29 is 37.0 Å². The average molecular weight is 531 g/mol. The number of rotatable bonds is 5. The molecule has 3 heterocycles. The van der Waals surface area contributed by atoms with E-state index in [0.717, 1.165) is 22.3 Å². The van der Waals surface area contributed by atoms with E-state index in [1.54, 1.807) is 12.3 Å². The van der Waals surface area contributed by atoms with Crippen LogP contribution >= 0.6 is 22.9 Å². The summed E-state index contributed by atoms with van der Waals surface area (Å²) < 4.78 is 47.4. The van der Waals surface area contributed by atoms with Crippen LogP contribution < -0.4 is 10.1 Å². The summed E-state index contributed by atoms with van der Waals surface area (Å²) in [6.45, 7) is 1.62. The molecule has 2 aromatic rings. The minimum Gasteiger partial charge on any atom is -0.474 e. The van der Waals surface area contributed by atoms with E-state index in [2.05, 4.69) is 15.0 Å². The Morgan fingerprint density at radius 1 is 1.31 bits per heavy atom. The van der Waals surface area contributed by atoms with Gasteiger partial charge in [-0.25, -0.2) is 9.78 Å². The molecule has 4 amide bonds. The fraction of sp³-hybridized carbons (Fsp3) is 0.333. The number of carbonyl (C=O) groups excluding carboxylic acids is 3. The van der Waals surface area contributed by atoms with Gasteiger partial charge in [-0.2, -0.15) is 0 Å². The number of amides is 4. The highest BCUT2D eigenvalue weighted by atomic mass is 35.5. The second kappa shape index (κ2) is 9.04. The number of fused-ring (bicyclic) bond motifs is 1. The predicted molar refractivity (Wildman–Crippen MR) is 119 cm³/mol. The van der Waals surface area contributed by atoms with Crippen LogP contribution in [0.15, 0.2) is 34.9 Å². The summed E-state index contributed by atoms with van der Waals surface area (Å²) in [5, 5.41) is 4.16. The Labute approximate surface area is 206 Å². The zero-order chi connectivity index (χ0) is 25.7. The molecule has 1 fully saturated rings. The van der Waals surface area contributed by atoms with Gasteiger partial charge in [0, 0.05) is 25.0 Å². The molecule has 0 radical (unpaired) electrons. The molecule has 0 saturated carbocycles. The second-order valence-electron chi connectivity index (χ2n) is 7.81. The predicted octanol–water partition coefficient (Wildman–Crippen LogP) is 4.46. The molecule has 9 nitrogen and oxygen atoms in total. The van der Waals surface area contributed by atoms with Gasteiger partial charge in [-0.1, -0.05) is 17.7 Å². The van der Waals surface area contributed by atoms with Crippen LogP contribution in [0.1, 0.15) is 13.3 Å². The lowest BCUT2D eigenvalue weighted by Gasteiger charge is -2.37. The fourth-order valence-electron chi connectivity index (χ4n) is 3.84. The Balaban J connectivity index is 1.47. The van der Waals surface area contributed by atoms with Gasteiger partial charge in [-0.05, 0) is 24.6 Å². The van der Waals surface area contributed by atoms with Crippen molar-refractivity contribution in [3.05, 3.63) is 39.9 Å². The van der Waals surface area contributed by atoms with E-state index < -0.39 is 42.1 Å². The molecule has 14 heteroatoms. The van der Waals surface area contributed by atoms with Crippen LogP contribution in [0.4, 0.5) is 23.1 Å². The van der Waals surface area contributed by atoms with Crippen LogP contribution in [0.5, 0.6) is 5.75 Å². The Morgan fingerprint density at radius 2 is 2.03 bits per heavy atom. The van der Waals surface area contributed by atoms with Crippen LogP contribution in [-0.4, -0.2) is 59.3 Å². The first-order valence-corrected chi connectivity index (χ1v) is 11.3. The Morgan fingerprint density at radius 3 is 2.71 bits per heavy atom. The van der Waals surface area contributed by atoms with Gasteiger partial charge in [-0.15, -0.1) is 24.5 Å². The minimum atomic E-state index is -4.91. The van der Waals surface area contributed by atoms with Crippen LogP contribution in [-0.2, 0) is 14.3 Å². The zero-order valence-corrected chi connectivity index (χ0v) is 20.0. The molecule has 1 aromatic heterocycles. The van der Waals surface area contributed by atoms with Gasteiger partial charge in [0.25, 0.3) is 0 Å². The van der Waals surface area contributed by atoms with E-state index in [1.165, 1.54) is 31.1 Å². The summed E-state index contributed by atoms with van der Waals surface area (Å²) in [6, 6.07) is 3.32. The molecule has 1 N–H and O–H groups in total. The molecule has 0 bridgehead atoms.